The van der Waals surface area contributed by atoms with E-state index in [1.54, 1.807) is 12.1 Å². The zero-order chi connectivity index (χ0) is 17.7. The van der Waals surface area contributed by atoms with E-state index in [9.17, 15) is 22.4 Å². The number of alkyl halides is 3. The van der Waals surface area contributed by atoms with Crippen molar-refractivity contribution in [2.75, 3.05) is 0 Å². The first kappa shape index (κ1) is 18.4. The third-order valence-electron chi connectivity index (χ3n) is 3.41. The summed E-state index contributed by atoms with van der Waals surface area (Å²) in [5, 5.41) is 2.61. The van der Waals surface area contributed by atoms with Gasteiger partial charge in [-0.1, -0.05) is 34.1 Å². The Morgan fingerprint density at radius 2 is 1.75 bits per heavy atom. The predicted octanol–water partition coefficient (Wildman–Crippen LogP) is 4.86. The van der Waals surface area contributed by atoms with E-state index in [4.69, 9.17) is 0 Å². The quantitative estimate of drug-likeness (QED) is 0.709. The summed E-state index contributed by atoms with van der Waals surface area (Å²) in [7, 11) is 0. The molecule has 2 rings (SSSR count). The van der Waals surface area contributed by atoms with E-state index in [0.717, 1.165) is 12.1 Å². The fourth-order valence-corrected chi connectivity index (χ4v) is 2.41. The second-order valence-corrected chi connectivity index (χ2v) is 6.12. The van der Waals surface area contributed by atoms with E-state index in [2.05, 4.69) is 21.2 Å². The fraction of sp³-hybridized carbons (Fsp3) is 0.235. The van der Waals surface area contributed by atoms with Gasteiger partial charge in [-0.15, -0.1) is 0 Å². The lowest BCUT2D eigenvalue weighted by Crippen LogP contribution is -2.23. The zero-order valence-electron chi connectivity index (χ0n) is 12.5. The first-order chi connectivity index (χ1) is 11.3. The van der Waals surface area contributed by atoms with Crippen molar-refractivity contribution in [3.05, 3.63) is 69.4 Å². The zero-order valence-corrected chi connectivity index (χ0v) is 14.0. The average Bonchev–Trinajstić information content (AvgIpc) is 2.51. The van der Waals surface area contributed by atoms with E-state index < -0.39 is 11.7 Å². The molecule has 0 aliphatic rings. The van der Waals surface area contributed by atoms with Crippen molar-refractivity contribution < 1.29 is 22.4 Å². The van der Waals surface area contributed by atoms with Gasteiger partial charge in [0.25, 0.3) is 0 Å². The minimum Gasteiger partial charge on any atom is -0.352 e. The van der Waals surface area contributed by atoms with Crippen molar-refractivity contribution in [2.45, 2.75) is 25.6 Å². The lowest BCUT2D eigenvalue weighted by Gasteiger charge is -2.09. The molecule has 1 amide bonds. The Bertz CT molecular complexity index is 714. The summed E-state index contributed by atoms with van der Waals surface area (Å²) in [5.41, 5.74) is 0.261. The second-order valence-electron chi connectivity index (χ2n) is 5.21. The third-order valence-corrected chi connectivity index (χ3v) is 3.90. The predicted molar refractivity (Wildman–Crippen MR) is 85.7 cm³/mol. The van der Waals surface area contributed by atoms with Gasteiger partial charge in [0.2, 0.25) is 5.91 Å². The highest BCUT2D eigenvalue weighted by molar-refractivity contribution is 9.10. The Balaban J connectivity index is 1.83. The van der Waals surface area contributed by atoms with Crippen LogP contribution in [0.1, 0.15) is 23.1 Å². The van der Waals surface area contributed by atoms with Crippen molar-refractivity contribution in [3.63, 3.8) is 0 Å². The highest BCUT2D eigenvalue weighted by Crippen LogP contribution is 2.29. The first-order valence-corrected chi connectivity index (χ1v) is 7.92. The highest BCUT2D eigenvalue weighted by Gasteiger charge is 2.29. The molecule has 128 valence electrons. The van der Waals surface area contributed by atoms with Crippen molar-refractivity contribution >= 4 is 21.8 Å². The van der Waals surface area contributed by atoms with Crippen LogP contribution in [0.2, 0.25) is 0 Å². The van der Waals surface area contributed by atoms with E-state index in [0.29, 0.717) is 15.6 Å². The molecule has 0 spiro atoms. The average molecular weight is 404 g/mol. The summed E-state index contributed by atoms with van der Waals surface area (Å²) in [5.74, 6) is -0.683. The summed E-state index contributed by atoms with van der Waals surface area (Å²) in [4.78, 5) is 11.8. The number of hydrogen-bond donors (Lipinski definition) is 1. The summed E-state index contributed by atoms with van der Waals surface area (Å²) in [6.07, 6.45) is -4.03. The number of hydrogen-bond acceptors (Lipinski definition) is 1. The van der Waals surface area contributed by atoms with Gasteiger partial charge in [0, 0.05) is 17.4 Å². The van der Waals surface area contributed by atoms with Gasteiger partial charge in [0.1, 0.15) is 5.82 Å². The van der Waals surface area contributed by atoms with Gasteiger partial charge in [-0.25, -0.2) is 4.39 Å². The number of rotatable bonds is 5. The van der Waals surface area contributed by atoms with Crippen LogP contribution < -0.4 is 5.32 Å². The van der Waals surface area contributed by atoms with Crippen molar-refractivity contribution in [1.29, 1.82) is 0 Å². The van der Waals surface area contributed by atoms with Crippen molar-refractivity contribution in [3.8, 4) is 0 Å². The standard InChI is InChI=1S/C17H14BrF4NO/c18-14-7-3-12(15(19)9-14)4-8-16(24)23-10-11-1-5-13(6-2-11)17(20,21)22/h1-3,5-7,9H,4,8,10H2,(H,23,24). The molecule has 0 bridgehead atoms. The Hall–Kier alpha value is -1.89. The largest absolute Gasteiger partial charge is 0.416 e. The van der Waals surface area contributed by atoms with Crippen LogP contribution in [-0.4, -0.2) is 5.91 Å². The maximum Gasteiger partial charge on any atom is 0.416 e. The van der Waals surface area contributed by atoms with E-state index in [1.807, 2.05) is 0 Å². The van der Waals surface area contributed by atoms with Gasteiger partial charge < -0.3 is 5.32 Å². The van der Waals surface area contributed by atoms with Gasteiger partial charge in [0.05, 0.1) is 5.56 Å². The van der Waals surface area contributed by atoms with Gasteiger partial charge in [-0.05, 0) is 41.8 Å². The van der Waals surface area contributed by atoms with Crippen LogP contribution in [0.15, 0.2) is 46.9 Å². The Kier molecular flexibility index (Phi) is 5.99. The Labute approximate surface area is 145 Å². The first-order valence-electron chi connectivity index (χ1n) is 7.12. The molecule has 0 saturated heterocycles. The van der Waals surface area contributed by atoms with Crippen LogP contribution in [0, 0.1) is 5.82 Å². The van der Waals surface area contributed by atoms with Crippen LogP contribution in [0.3, 0.4) is 0 Å². The molecule has 0 aromatic heterocycles. The Morgan fingerprint density at radius 1 is 1.08 bits per heavy atom. The molecule has 24 heavy (non-hydrogen) atoms. The molecule has 0 heterocycles. The van der Waals surface area contributed by atoms with Crippen molar-refractivity contribution in [2.24, 2.45) is 0 Å². The molecule has 0 aliphatic heterocycles. The van der Waals surface area contributed by atoms with Crippen molar-refractivity contribution in [1.82, 2.24) is 5.32 Å². The Morgan fingerprint density at radius 3 is 2.33 bits per heavy atom. The topological polar surface area (TPSA) is 29.1 Å². The summed E-state index contributed by atoms with van der Waals surface area (Å²) >= 11 is 3.15. The van der Waals surface area contributed by atoms with Crippen LogP contribution in [0.5, 0.6) is 0 Å². The molecule has 7 heteroatoms. The molecule has 2 nitrogen and oxygen atoms in total. The third kappa shape index (κ3) is 5.33. The lowest BCUT2D eigenvalue weighted by atomic mass is 10.1. The van der Waals surface area contributed by atoms with Gasteiger partial charge in [-0.2, -0.15) is 13.2 Å². The van der Waals surface area contributed by atoms with E-state index in [1.165, 1.54) is 18.2 Å². The van der Waals surface area contributed by atoms with E-state index >= 15 is 0 Å². The van der Waals surface area contributed by atoms with Crippen LogP contribution >= 0.6 is 15.9 Å². The monoisotopic (exact) mass is 403 g/mol. The summed E-state index contributed by atoms with van der Waals surface area (Å²) < 4.78 is 51.6. The number of amides is 1. The smallest absolute Gasteiger partial charge is 0.352 e. The van der Waals surface area contributed by atoms with Gasteiger partial charge in [0.15, 0.2) is 0 Å². The van der Waals surface area contributed by atoms with Crippen LogP contribution in [0.25, 0.3) is 0 Å². The maximum absolute atomic E-state index is 13.6. The minimum absolute atomic E-state index is 0.0964. The van der Waals surface area contributed by atoms with Gasteiger partial charge >= 0.3 is 6.18 Å². The summed E-state index contributed by atoms with van der Waals surface area (Å²) in [6.45, 7) is 0.125. The molecule has 2 aromatic carbocycles. The number of carbonyl (C=O) groups excluding carboxylic acids is 1. The molecular weight excluding hydrogens is 390 g/mol. The molecule has 0 unspecified atom stereocenters. The minimum atomic E-state index is -4.38. The molecular formula is C17H14BrF4NO. The normalized spacial score (nSPS) is 11.4. The lowest BCUT2D eigenvalue weighted by molar-refractivity contribution is -0.137. The second kappa shape index (κ2) is 7.79. The molecule has 2 aromatic rings. The molecule has 1 N–H and O–H groups in total. The summed E-state index contributed by atoms with van der Waals surface area (Å²) in [6, 6.07) is 9.20. The number of halogens is 5. The highest BCUT2D eigenvalue weighted by atomic mass is 79.9. The maximum atomic E-state index is 13.6. The fourth-order valence-electron chi connectivity index (χ4n) is 2.07. The molecule has 0 atom stereocenters. The van der Waals surface area contributed by atoms with E-state index in [-0.39, 0.29) is 31.1 Å². The molecule has 0 aliphatic carbocycles. The SMILES string of the molecule is O=C(CCc1ccc(Br)cc1F)NCc1ccc(C(F)(F)F)cc1. The number of carbonyl (C=O) groups is 1. The number of nitrogens with one attached hydrogen (secondary N) is 1. The van der Waals surface area contributed by atoms with Gasteiger partial charge in [-0.3, -0.25) is 4.79 Å². The molecule has 0 saturated carbocycles. The van der Waals surface area contributed by atoms with Crippen LogP contribution in [0.4, 0.5) is 17.6 Å². The molecule has 0 fully saturated rings. The number of aryl methyl sites for hydroxylation is 1. The molecule has 0 radical (unpaired) electrons. The number of benzene rings is 2. The van der Waals surface area contributed by atoms with Crippen LogP contribution in [-0.2, 0) is 23.9 Å².